The molecule has 1 aliphatic heterocycles. The van der Waals surface area contributed by atoms with Crippen molar-refractivity contribution in [2.24, 2.45) is 5.92 Å². The molecule has 2 atom stereocenters. The number of aromatic hydroxyl groups is 1. The van der Waals surface area contributed by atoms with Crippen LogP contribution in [0, 0.1) is 5.92 Å². The Bertz CT molecular complexity index is 990. The number of aliphatic hydroxyl groups is 1. The third-order valence-electron chi connectivity index (χ3n) is 7.45. The minimum Gasteiger partial charge on any atom is -0.508 e. The van der Waals surface area contributed by atoms with Crippen LogP contribution in [-0.2, 0) is 0 Å². The van der Waals surface area contributed by atoms with Gasteiger partial charge in [-0.25, -0.2) is 0 Å². The Kier molecular flexibility index (Phi) is 8.42. The summed E-state index contributed by atoms with van der Waals surface area (Å²) in [5.41, 5.74) is 5.00. The summed E-state index contributed by atoms with van der Waals surface area (Å²) in [5.74, 6) is 1.79. The molecule has 0 aromatic heterocycles. The smallest absolute Gasteiger partial charge is 0.115 e. The molecule has 2 N–H and O–H groups in total. The summed E-state index contributed by atoms with van der Waals surface area (Å²) in [7, 11) is 0. The monoisotopic (exact) mass is 457 g/mol. The second-order valence-corrected chi connectivity index (χ2v) is 10.1. The van der Waals surface area contributed by atoms with E-state index in [-0.39, 0.29) is 6.10 Å². The van der Waals surface area contributed by atoms with Gasteiger partial charge in [0, 0.05) is 5.92 Å². The highest BCUT2D eigenvalue weighted by molar-refractivity contribution is 5.36. The molecule has 0 spiro atoms. The fourth-order valence-corrected chi connectivity index (χ4v) is 5.37. The zero-order chi connectivity index (χ0) is 23.9. The van der Waals surface area contributed by atoms with Gasteiger partial charge in [0.15, 0.2) is 0 Å². The topological polar surface area (TPSA) is 43.7 Å². The summed E-state index contributed by atoms with van der Waals surface area (Å²) >= 11 is 0. The Morgan fingerprint density at radius 1 is 0.765 bits per heavy atom. The van der Waals surface area contributed by atoms with E-state index in [2.05, 4.69) is 85.5 Å². The first-order chi connectivity index (χ1) is 16.5. The van der Waals surface area contributed by atoms with Crippen LogP contribution in [0.5, 0.6) is 5.75 Å². The molecule has 4 rings (SSSR count). The maximum atomic E-state index is 10.6. The van der Waals surface area contributed by atoms with Crippen LogP contribution >= 0.6 is 0 Å². The number of benzene rings is 3. The molecule has 0 bridgehead atoms. The number of phenols is 1. The molecule has 3 aromatic carbocycles. The lowest BCUT2D eigenvalue weighted by Gasteiger charge is -2.37. The molecule has 180 valence electrons. The number of aliphatic hydroxyl groups excluding tert-OH is 1. The van der Waals surface area contributed by atoms with Gasteiger partial charge in [-0.3, -0.25) is 0 Å². The maximum absolute atomic E-state index is 10.6. The minimum atomic E-state index is -0.379. The molecule has 0 aliphatic carbocycles. The first kappa shape index (κ1) is 24.5. The number of hydrogen-bond acceptors (Lipinski definition) is 3. The van der Waals surface area contributed by atoms with Gasteiger partial charge in [0.05, 0.1) is 6.10 Å². The van der Waals surface area contributed by atoms with Gasteiger partial charge < -0.3 is 15.1 Å². The number of nitrogens with zero attached hydrogens (tertiary/aromatic N) is 1. The fraction of sp³-hybridized carbons (Fsp3) is 0.419. The molecule has 3 nitrogen and oxygen atoms in total. The van der Waals surface area contributed by atoms with Crippen LogP contribution in [0.25, 0.3) is 0 Å². The SMILES string of the molecule is CC(C)c1ccc(C(O)CCCN2CCC(C(c3ccccc3)c3ccc(O)cc3)CC2)cc1. The zero-order valence-corrected chi connectivity index (χ0v) is 20.6. The highest BCUT2D eigenvalue weighted by Crippen LogP contribution is 2.38. The van der Waals surface area contributed by atoms with Crippen molar-refractivity contribution >= 4 is 0 Å². The Balaban J connectivity index is 1.29. The molecule has 0 amide bonds. The summed E-state index contributed by atoms with van der Waals surface area (Å²) in [6, 6.07) is 27.0. The normalized spacial score (nSPS) is 17.1. The molecule has 1 fully saturated rings. The molecule has 0 saturated carbocycles. The van der Waals surface area contributed by atoms with Gasteiger partial charge in [-0.1, -0.05) is 80.6 Å². The predicted molar refractivity (Wildman–Crippen MR) is 140 cm³/mol. The lowest BCUT2D eigenvalue weighted by atomic mass is 9.76. The van der Waals surface area contributed by atoms with E-state index in [1.54, 1.807) is 0 Å². The zero-order valence-electron chi connectivity index (χ0n) is 20.6. The maximum Gasteiger partial charge on any atom is 0.115 e. The van der Waals surface area contributed by atoms with E-state index in [9.17, 15) is 10.2 Å². The Morgan fingerprint density at radius 3 is 1.94 bits per heavy atom. The first-order valence-corrected chi connectivity index (χ1v) is 12.9. The van der Waals surface area contributed by atoms with E-state index in [4.69, 9.17) is 0 Å². The molecule has 0 radical (unpaired) electrons. The van der Waals surface area contributed by atoms with E-state index in [0.717, 1.165) is 38.0 Å². The standard InChI is InChI=1S/C31H39NO2/c1-23(2)24-10-12-25(13-11-24)30(34)9-6-20-32-21-18-28(19-22-32)31(26-7-4-3-5-8-26)27-14-16-29(33)17-15-27/h3-5,7-8,10-17,23,28,30-31,33-34H,6,9,18-22H2,1-2H3. The van der Waals surface area contributed by atoms with Gasteiger partial charge >= 0.3 is 0 Å². The fourth-order valence-electron chi connectivity index (χ4n) is 5.37. The van der Waals surface area contributed by atoms with E-state index >= 15 is 0 Å². The van der Waals surface area contributed by atoms with Crippen LogP contribution in [0.15, 0.2) is 78.9 Å². The van der Waals surface area contributed by atoms with E-state index in [1.807, 2.05) is 12.1 Å². The van der Waals surface area contributed by atoms with Gasteiger partial charge in [0.2, 0.25) is 0 Å². The third-order valence-corrected chi connectivity index (χ3v) is 7.45. The number of phenolic OH excluding ortho intramolecular Hbond substituents is 1. The van der Waals surface area contributed by atoms with Crippen molar-refractivity contribution in [2.45, 2.75) is 57.5 Å². The summed E-state index contributed by atoms with van der Waals surface area (Å²) in [4.78, 5) is 2.56. The lowest BCUT2D eigenvalue weighted by molar-refractivity contribution is 0.140. The van der Waals surface area contributed by atoms with E-state index in [0.29, 0.717) is 23.5 Å². The highest BCUT2D eigenvalue weighted by Gasteiger charge is 2.28. The van der Waals surface area contributed by atoms with Crippen LogP contribution < -0.4 is 0 Å². The third kappa shape index (κ3) is 6.28. The van der Waals surface area contributed by atoms with Crippen LogP contribution in [-0.4, -0.2) is 34.7 Å². The van der Waals surface area contributed by atoms with Gasteiger partial charge in [0.25, 0.3) is 0 Å². The van der Waals surface area contributed by atoms with Crippen molar-refractivity contribution in [3.63, 3.8) is 0 Å². The number of likely N-dealkylation sites (tertiary alicyclic amines) is 1. The largest absolute Gasteiger partial charge is 0.508 e. The predicted octanol–water partition coefficient (Wildman–Crippen LogP) is 6.87. The molecule has 34 heavy (non-hydrogen) atoms. The quantitative estimate of drug-likeness (QED) is 0.368. The van der Waals surface area contributed by atoms with Crippen molar-refractivity contribution < 1.29 is 10.2 Å². The average molecular weight is 458 g/mol. The lowest BCUT2D eigenvalue weighted by Crippen LogP contribution is -2.36. The van der Waals surface area contributed by atoms with Crippen molar-refractivity contribution in [2.75, 3.05) is 19.6 Å². The summed E-state index contributed by atoms with van der Waals surface area (Å²) in [6.45, 7) is 7.64. The second kappa shape index (κ2) is 11.7. The highest BCUT2D eigenvalue weighted by atomic mass is 16.3. The van der Waals surface area contributed by atoms with E-state index < -0.39 is 0 Å². The molecular formula is C31H39NO2. The summed E-state index contributed by atoms with van der Waals surface area (Å²) < 4.78 is 0. The average Bonchev–Trinajstić information content (AvgIpc) is 2.87. The Labute approximate surface area is 205 Å². The van der Waals surface area contributed by atoms with Crippen molar-refractivity contribution in [1.29, 1.82) is 0 Å². The first-order valence-electron chi connectivity index (χ1n) is 12.9. The van der Waals surface area contributed by atoms with Gasteiger partial charge in [0.1, 0.15) is 5.75 Å². The molecule has 1 saturated heterocycles. The summed E-state index contributed by atoms with van der Waals surface area (Å²) in [5, 5.41) is 20.4. The minimum absolute atomic E-state index is 0.323. The molecule has 1 aliphatic rings. The molecule has 3 heteroatoms. The second-order valence-electron chi connectivity index (χ2n) is 10.1. The number of piperidine rings is 1. The molecular weight excluding hydrogens is 418 g/mol. The molecule has 2 unspecified atom stereocenters. The summed E-state index contributed by atoms with van der Waals surface area (Å²) in [6.07, 6.45) is 3.77. The number of hydrogen-bond donors (Lipinski definition) is 2. The molecule has 3 aromatic rings. The van der Waals surface area contributed by atoms with Crippen LogP contribution in [0.3, 0.4) is 0 Å². The van der Waals surface area contributed by atoms with Crippen molar-refractivity contribution in [3.8, 4) is 5.75 Å². The Morgan fingerprint density at radius 2 is 1.32 bits per heavy atom. The van der Waals surface area contributed by atoms with Gasteiger partial charge in [-0.15, -0.1) is 0 Å². The molecule has 1 heterocycles. The van der Waals surface area contributed by atoms with Gasteiger partial charge in [-0.05, 0) is 91.5 Å². The van der Waals surface area contributed by atoms with Crippen LogP contribution in [0.1, 0.15) is 79.7 Å². The van der Waals surface area contributed by atoms with E-state index in [1.165, 1.54) is 29.5 Å². The number of rotatable bonds is 9. The van der Waals surface area contributed by atoms with Crippen molar-refractivity contribution in [1.82, 2.24) is 4.90 Å². The van der Waals surface area contributed by atoms with Crippen LogP contribution in [0.2, 0.25) is 0 Å². The van der Waals surface area contributed by atoms with Crippen molar-refractivity contribution in [3.05, 3.63) is 101 Å². The Hall–Kier alpha value is -2.62. The van der Waals surface area contributed by atoms with Gasteiger partial charge in [-0.2, -0.15) is 0 Å². The van der Waals surface area contributed by atoms with Crippen LogP contribution in [0.4, 0.5) is 0 Å².